The number of aromatic amines is 1. The molecule has 0 amide bonds. The molecule has 0 atom stereocenters. The summed E-state index contributed by atoms with van der Waals surface area (Å²) in [4.78, 5) is 20.5. The maximum absolute atomic E-state index is 13.2. The molecule has 0 aliphatic heterocycles. The molecule has 2 aromatic carbocycles. The maximum Gasteiger partial charge on any atom is 0.279 e. The zero-order valence-corrected chi connectivity index (χ0v) is 13.6. The molecule has 5 aromatic rings. The van der Waals surface area contributed by atoms with Crippen LogP contribution in [0.5, 0.6) is 0 Å². The lowest BCUT2D eigenvalue weighted by atomic mass is 10.1. The second kappa shape index (κ2) is 5.44. The second-order valence-electron chi connectivity index (χ2n) is 5.96. The molecule has 0 fully saturated rings. The molecule has 0 bridgehead atoms. The van der Waals surface area contributed by atoms with E-state index in [0.29, 0.717) is 16.7 Å². The zero-order chi connectivity index (χ0) is 18.5. The fourth-order valence-electron chi connectivity index (χ4n) is 3.17. The first kappa shape index (κ1) is 15.2. The topological polar surface area (TPSA) is 99.7 Å². The molecule has 1 N–H and O–H groups in total. The van der Waals surface area contributed by atoms with E-state index in [1.165, 1.54) is 28.7 Å². The minimum absolute atomic E-state index is 0.0531. The summed E-state index contributed by atoms with van der Waals surface area (Å²) >= 11 is 0. The van der Waals surface area contributed by atoms with Crippen LogP contribution in [0.25, 0.3) is 39.1 Å². The smallest absolute Gasteiger partial charge is 0.279 e. The van der Waals surface area contributed by atoms with E-state index < -0.39 is 11.4 Å². The highest BCUT2D eigenvalue weighted by Crippen LogP contribution is 2.24. The van der Waals surface area contributed by atoms with Gasteiger partial charge in [-0.3, -0.25) is 4.79 Å². The highest BCUT2D eigenvalue weighted by atomic mass is 19.1. The molecule has 27 heavy (non-hydrogen) atoms. The Hall–Kier alpha value is -4.12. The summed E-state index contributed by atoms with van der Waals surface area (Å²) < 4.78 is 14.5. The Morgan fingerprint density at radius 1 is 1.07 bits per heavy atom. The van der Waals surface area contributed by atoms with E-state index in [4.69, 9.17) is 0 Å². The number of para-hydroxylation sites is 1. The molecule has 5 rings (SSSR count). The number of hydrogen-bond acceptors (Lipinski definition) is 5. The van der Waals surface area contributed by atoms with Gasteiger partial charge in [-0.15, -0.1) is 10.2 Å². The molecular formula is C19H9FN6O. The molecule has 3 aromatic heterocycles. The first-order valence-electron chi connectivity index (χ1n) is 8.03. The van der Waals surface area contributed by atoms with Gasteiger partial charge >= 0.3 is 0 Å². The Bertz CT molecular complexity index is 1460. The average molecular weight is 356 g/mol. The van der Waals surface area contributed by atoms with Gasteiger partial charge in [0.25, 0.3) is 11.3 Å². The summed E-state index contributed by atoms with van der Waals surface area (Å²) in [6, 6.07) is 14.8. The molecule has 0 spiro atoms. The number of nitriles is 1. The Balaban J connectivity index is 1.93. The van der Waals surface area contributed by atoms with E-state index in [1.54, 1.807) is 0 Å². The van der Waals surface area contributed by atoms with Crippen molar-refractivity contribution < 1.29 is 4.39 Å². The number of H-pyrrole nitrogens is 1. The fourth-order valence-corrected chi connectivity index (χ4v) is 3.17. The van der Waals surface area contributed by atoms with Crippen LogP contribution in [0.2, 0.25) is 0 Å². The van der Waals surface area contributed by atoms with Gasteiger partial charge < -0.3 is 4.98 Å². The van der Waals surface area contributed by atoms with Crippen molar-refractivity contribution in [3.05, 3.63) is 70.3 Å². The predicted octanol–water partition coefficient (Wildman–Crippen LogP) is 2.80. The number of hydrogen-bond donors (Lipinski definition) is 1. The molecular weight excluding hydrogens is 347 g/mol. The maximum atomic E-state index is 13.2. The highest BCUT2D eigenvalue weighted by molar-refractivity contribution is 6.03. The molecule has 3 heterocycles. The van der Waals surface area contributed by atoms with Crippen LogP contribution < -0.4 is 5.56 Å². The van der Waals surface area contributed by atoms with Gasteiger partial charge in [0.05, 0.1) is 5.69 Å². The number of halogens is 1. The van der Waals surface area contributed by atoms with Crippen molar-refractivity contribution in [2.75, 3.05) is 0 Å². The van der Waals surface area contributed by atoms with Crippen LogP contribution in [0.1, 0.15) is 5.56 Å². The number of rotatable bonds is 1. The third kappa shape index (κ3) is 2.12. The minimum atomic E-state index is -0.562. The molecule has 0 unspecified atom stereocenters. The first-order valence-corrected chi connectivity index (χ1v) is 8.03. The molecule has 0 radical (unpaired) electrons. The van der Waals surface area contributed by atoms with Gasteiger partial charge in [-0.1, -0.05) is 18.2 Å². The summed E-state index contributed by atoms with van der Waals surface area (Å²) in [5.41, 5.74) is 1.61. The molecule has 0 aliphatic rings. The van der Waals surface area contributed by atoms with Crippen molar-refractivity contribution in [3.8, 4) is 17.3 Å². The standard InChI is InChI=1S/C19H9FN6O/c20-11-7-5-10(6-8-11)15-13(9-21)18(27)26-17-16(24-25-19(26)23-15)12-3-1-2-4-14(12)22-17/h1-8,22H. The van der Waals surface area contributed by atoms with Gasteiger partial charge in [-0.2, -0.15) is 5.26 Å². The summed E-state index contributed by atoms with van der Waals surface area (Å²) in [6.07, 6.45) is 0. The number of nitrogens with zero attached hydrogens (tertiary/aromatic N) is 5. The normalized spacial score (nSPS) is 11.3. The molecule has 0 saturated carbocycles. The molecule has 8 heteroatoms. The lowest BCUT2D eigenvalue weighted by Gasteiger charge is -2.06. The highest BCUT2D eigenvalue weighted by Gasteiger charge is 2.19. The Kier molecular flexibility index (Phi) is 3.05. The Morgan fingerprint density at radius 2 is 1.85 bits per heavy atom. The van der Waals surface area contributed by atoms with Crippen molar-refractivity contribution in [3.63, 3.8) is 0 Å². The van der Waals surface area contributed by atoms with E-state index in [9.17, 15) is 14.4 Å². The molecule has 0 aliphatic carbocycles. The van der Waals surface area contributed by atoms with Crippen LogP contribution in [0.15, 0.2) is 53.3 Å². The van der Waals surface area contributed by atoms with Gasteiger partial charge in [0.15, 0.2) is 0 Å². The lowest BCUT2D eigenvalue weighted by molar-refractivity contribution is 0.628. The quantitative estimate of drug-likeness (QED) is 0.498. The summed E-state index contributed by atoms with van der Waals surface area (Å²) in [7, 11) is 0. The minimum Gasteiger partial charge on any atom is -0.339 e. The summed E-state index contributed by atoms with van der Waals surface area (Å²) in [5, 5.41) is 18.6. The molecule has 128 valence electrons. The van der Waals surface area contributed by atoms with Crippen LogP contribution >= 0.6 is 0 Å². The van der Waals surface area contributed by atoms with Crippen molar-refractivity contribution >= 4 is 27.8 Å². The third-order valence-corrected chi connectivity index (χ3v) is 4.42. The van der Waals surface area contributed by atoms with Crippen LogP contribution in [0.3, 0.4) is 0 Å². The number of benzene rings is 2. The number of fused-ring (bicyclic) bond motifs is 5. The average Bonchev–Trinajstić information content (AvgIpc) is 3.07. The van der Waals surface area contributed by atoms with Gasteiger partial charge in [0.2, 0.25) is 0 Å². The lowest BCUT2D eigenvalue weighted by Crippen LogP contribution is -2.21. The van der Waals surface area contributed by atoms with Gasteiger partial charge in [-0.25, -0.2) is 13.8 Å². The first-order chi connectivity index (χ1) is 13.2. The number of aromatic nitrogens is 5. The fraction of sp³-hybridized carbons (Fsp3) is 0. The Labute approximate surface area is 150 Å². The van der Waals surface area contributed by atoms with Gasteiger partial charge in [0, 0.05) is 16.5 Å². The zero-order valence-electron chi connectivity index (χ0n) is 13.6. The van der Waals surface area contributed by atoms with E-state index in [2.05, 4.69) is 20.2 Å². The summed E-state index contributed by atoms with van der Waals surface area (Å²) in [6.45, 7) is 0. The predicted molar refractivity (Wildman–Crippen MR) is 96.5 cm³/mol. The largest absolute Gasteiger partial charge is 0.339 e. The van der Waals surface area contributed by atoms with Crippen LogP contribution in [-0.4, -0.2) is 24.6 Å². The van der Waals surface area contributed by atoms with Gasteiger partial charge in [-0.05, 0) is 30.3 Å². The van der Waals surface area contributed by atoms with E-state index in [1.807, 2.05) is 30.3 Å². The van der Waals surface area contributed by atoms with E-state index in [0.717, 1.165) is 10.9 Å². The van der Waals surface area contributed by atoms with Crippen molar-refractivity contribution in [2.45, 2.75) is 0 Å². The van der Waals surface area contributed by atoms with Crippen LogP contribution in [0, 0.1) is 17.1 Å². The van der Waals surface area contributed by atoms with Crippen LogP contribution in [-0.2, 0) is 0 Å². The number of nitrogens with one attached hydrogen (secondary N) is 1. The molecule has 0 saturated heterocycles. The van der Waals surface area contributed by atoms with Crippen molar-refractivity contribution in [1.29, 1.82) is 5.26 Å². The second-order valence-corrected chi connectivity index (χ2v) is 5.96. The monoisotopic (exact) mass is 356 g/mol. The molecule has 7 nitrogen and oxygen atoms in total. The van der Waals surface area contributed by atoms with Crippen molar-refractivity contribution in [1.82, 2.24) is 24.6 Å². The SMILES string of the molecule is N#Cc1c(-c2ccc(F)cc2)nc2nnc3c4ccccc4[nH]c3n2c1=O. The summed E-state index contributed by atoms with van der Waals surface area (Å²) in [5.74, 6) is -0.369. The van der Waals surface area contributed by atoms with Crippen molar-refractivity contribution in [2.24, 2.45) is 0 Å². The van der Waals surface area contributed by atoms with E-state index >= 15 is 0 Å². The Morgan fingerprint density at radius 3 is 2.63 bits per heavy atom. The van der Waals surface area contributed by atoms with E-state index in [-0.39, 0.29) is 17.0 Å². The van der Waals surface area contributed by atoms with Gasteiger partial charge in [0.1, 0.15) is 28.6 Å². The van der Waals surface area contributed by atoms with Crippen LogP contribution in [0.4, 0.5) is 4.39 Å². The third-order valence-electron chi connectivity index (χ3n) is 4.42.